The predicted molar refractivity (Wildman–Crippen MR) is 77.8 cm³/mol. The minimum absolute atomic E-state index is 0.204. The molecule has 2 rings (SSSR count). The van der Waals surface area contributed by atoms with Crippen molar-refractivity contribution in [1.82, 2.24) is 0 Å². The standard InChI is InChI=1S/C14H10F3IO2/c1-19-11-4-2-3-9(7-11)10-5-6-13(12(18)8-10)20-14(15,16)17/h2-8H,1H3. The Bertz CT molecular complexity index is 612. The lowest BCUT2D eigenvalue weighted by Crippen LogP contribution is -2.17. The molecule has 0 unspecified atom stereocenters. The predicted octanol–water partition coefficient (Wildman–Crippen LogP) is 4.87. The third-order valence-corrected chi connectivity index (χ3v) is 3.40. The summed E-state index contributed by atoms with van der Waals surface area (Å²) in [5.41, 5.74) is 1.66. The fourth-order valence-corrected chi connectivity index (χ4v) is 2.32. The number of methoxy groups -OCH3 is 1. The molecule has 0 radical (unpaired) electrons. The van der Waals surface area contributed by atoms with Crippen LogP contribution in [0.2, 0.25) is 0 Å². The maximum Gasteiger partial charge on any atom is 0.573 e. The van der Waals surface area contributed by atoms with Crippen LogP contribution >= 0.6 is 22.6 Å². The van der Waals surface area contributed by atoms with Crippen molar-refractivity contribution in [2.24, 2.45) is 0 Å². The van der Waals surface area contributed by atoms with Gasteiger partial charge in [0.25, 0.3) is 0 Å². The number of hydrogen-bond donors (Lipinski definition) is 0. The Kier molecular flexibility index (Phi) is 4.42. The van der Waals surface area contributed by atoms with Gasteiger partial charge in [-0.15, -0.1) is 13.2 Å². The fraction of sp³-hybridized carbons (Fsp3) is 0.143. The van der Waals surface area contributed by atoms with E-state index < -0.39 is 6.36 Å². The highest BCUT2D eigenvalue weighted by Gasteiger charge is 2.31. The van der Waals surface area contributed by atoms with Crippen LogP contribution in [0, 0.1) is 3.57 Å². The molecule has 0 N–H and O–H groups in total. The van der Waals surface area contributed by atoms with Gasteiger partial charge in [-0.2, -0.15) is 0 Å². The molecule has 0 aromatic heterocycles. The second-order valence-electron chi connectivity index (χ2n) is 3.92. The Morgan fingerprint density at radius 3 is 2.30 bits per heavy atom. The summed E-state index contributed by atoms with van der Waals surface area (Å²) in [5, 5.41) is 0. The molecular formula is C14H10F3IO2. The summed E-state index contributed by atoms with van der Waals surface area (Å²) in [7, 11) is 1.56. The van der Waals surface area contributed by atoms with E-state index in [0.717, 1.165) is 11.1 Å². The average Bonchev–Trinajstić information content (AvgIpc) is 2.40. The van der Waals surface area contributed by atoms with Gasteiger partial charge in [0.2, 0.25) is 0 Å². The molecule has 0 aliphatic carbocycles. The summed E-state index contributed by atoms with van der Waals surface area (Å²) in [4.78, 5) is 0. The smallest absolute Gasteiger partial charge is 0.497 e. The molecule has 2 aromatic rings. The molecule has 0 saturated heterocycles. The van der Waals surface area contributed by atoms with Crippen molar-refractivity contribution in [3.63, 3.8) is 0 Å². The Hall–Kier alpha value is -1.44. The zero-order valence-corrected chi connectivity index (χ0v) is 12.5. The zero-order chi connectivity index (χ0) is 14.8. The van der Waals surface area contributed by atoms with Crippen molar-refractivity contribution in [1.29, 1.82) is 0 Å². The number of alkyl halides is 3. The van der Waals surface area contributed by atoms with Crippen molar-refractivity contribution >= 4 is 22.6 Å². The van der Waals surface area contributed by atoms with Crippen LogP contribution in [0.1, 0.15) is 0 Å². The fourth-order valence-electron chi connectivity index (χ4n) is 1.69. The maximum atomic E-state index is 12.2. The van der Waals surface area contributed by atoms with Gasteiger partial charge in [0.05, 0.1) is 10.7 Å². The van der Waals surface area contributed by atoms with Gasteiger partial charge in [0.15, 0.2) is 0 Å². The quantitative estimate of drug-likeness (QED) is 0.692. The van der Waals surface area contributed by atoms with E-state index in [1.165, 1.54) is 6.07 Å². The number of hydrogen-bond acceptors (Lipinski definition) is 2. The van der Waals surface area contributed by atoms with Crippen molar-refractivity contribution in [3.8, 4) is 22.6 Å². The summed E-state index contributed by atoms with van der Waals surface area (Å²) in [6.45, 7) is 0. The lowest BCUT2D eigenvalue weighted by atomic mass is 10.1. The molecule has 0 fully saturated rings. The van der Waals surface area contributed by atoms with Gasteiger partial charge >= 0.3 is 6.36 Å². The Balaban J connectivity index is 2.33. The van der Waals surface area contributed by atoms with E-state index in [1.54, 1.807) is 25.3 Å². The van der Waals surface area contributed by atoms with Gasteiger partial charge in [0.1, 0.15) is 11.5 Å². The van der Waals surface area contributed by atoms with Crippen LogP contribution in [-0.4, -0.2) is 13.5 Å². The van der Waals surface area contributed by atoms with E-state index in [2.05, 4.69) is 4.74 Å². The molecule has 0 saturated carbocycles. The van der Waals surface area contributed by atoms with Crippen molar-refractivity contribution in [2.75, 3.05) is 7.11 Å². The van der Waals surface area contributed by atoms with Gasteiger partial charge < -0.3 is 9.47 Å². The molecular weight excluding hydrogens is 384 g/mol. The molecule has 6 heteroatoms. The van der Waals surface area contributed by atoms with Gasteiger partial charge in [-0.05, 0) is 58.0 Å². The first-order valence-corrected chi connectivity index (χ1v) is 6.66. The van der Waals surface area contributed by atoms with Crippen LogP contribution in [0.4, 0.5) is 13.2 Å². The highest BCUT2D eigenvalue weighted by atomic mass is 127. The molecule has 0 aliphatic rings. The number of halogens is 4. The number of rotatable bonds is 3. The van der Waals surface area contributed by atoms with E-state index in [9.17, 15) is 13.2 Å². The average molecular weight is 394 g/mol. The SMILES string of the molecule is COc1cccc(-c2ccc(OC(F)(F)F)c(I)c2)c1. The zero-order valence-electron chi connectivity index (χ0n) is 10.4. The molecule has 0 heterocycles. The first-order chi connectivity index (χ1) is 9.39. The normalized spacial score (nSPS) is 11.2. The Labute approximate surface area is 127 Å². The van der Waals surface area contributed by atoms with Gasteiger partial charge in [0, 0.05) is 0 Å². The van der Waals surface area contributed by atoms with Crippen LogP contribution in [0.25, 0.3) is 11.1 Å². The van der Waals surface area contributed by atoms with Gasteiger partial charge in [-0.25, -0.2) is 0 Å². The summed E-state index contributed by atoms with van der Waals surface area (Å²) in [6, 6.07) is 11.8. The molecule has 0 bridgehead atoms. The van der Waals surface area contributed by atoms with E-state index in [0.29, 0.717) is 9.32 Å². The molecule has 2 nitrogen and oxygen atoms in total. The molecule has 2 aromatic carbocycles. The first kappa shape index (κ1) is 15.0. The minimum Gasteiger partial charge on any atom is -0.497 e. The minimum atomic E-state index is -4.68. The lowest BCUT2D eigenvalue weighted by Gasteiger charge is -2.12. The molecule has 0 amide bonds. The van der Waals surface area contributed by atoms with Crippen LogP contribution in [0.3, 0.4) is 0 Å². The summed E-state index contributed by atoms with van der Waals surface area (Å²) in [5.74, 6) is 0.484. The van der Waals surface area contributed by atoms with Crippen molar-refractivity contribution < 1.29 is 22.6 Å². The Morgan fingerprint density at radius 1 is 1.00 bits per heavy atom. The highest BCUT2D eigenvalue weighted by molar-refractivity contribution is 14.1. The van der Waals surface area contributed by atoms with E-state index >= 15 is 0 Å². The summed E-state index contributed by atoms with van der Waals surface area (Å²) < 4.78 is 46.1. The Morgan fingerprint density at radius 2 is 1.70 bits per heavy atom. The van der Waals surface area contributed by atoms with Crippen molar-refractivity contribution in [3.05, 3.63) is 46.0 Å². The molecule has 0 atom stereocenters. The third kappa shape index (κ3) is 3.78. The largest absolute Gasteiger partial charge is 0.573 e. The van der Waals surface area contributed by atoms with E-state index in [1.807, 2.05) is 40.8 Å². The molecule has 0 aliphatic heterocycles. The maximum absolute atomic E-state index is 12.2. The number of benzene rings is 2. The second kappa shape index (κ2) is 5.90. The van der Waals surface area contributed by atoms with Crippen LogP contribution in [0.5, 0.6) is 11.5 Å². The highest BCUT2D eigenvalue weighted by Crippen LogP contribution is 2.32. The second-order valence-corrected chi connectivity index (χ2v) is 5.09. The van der Waals surface area contributed by atoms with Crippen LogP contribution < -0.4 is 9.47 Å². The van der Waals surface area contributed by atoms with E-state index in [4.69, 9.17) is 4.74 Å². The molecule has 106 valence electrons. The van der Waals surface area contributed by atoms with Crippen LogP contribution in [0.15, 0.2) is 42.5 Å². The van der Waals surface area contributed by atoms with E-state index in [-0.39, 0.29) is 5.75 Å². The summed E-state index contributed by atoms with van der Waals surface area (Å²) in [6.07, 6.45) is -4.68. The van der Waals surface area contributed by atoms with Crippen LogP contribution in [-0.2, 0) is 0 Å². The van der Waals surface area contributed by atoms with Gasteiger partial charge in [-0.3, -0.25) is 0 Å². The third-order valence-electron chi connectivity index (χ3n) is 2.56. The van der Waals surface area contributed by atoms with Gasteiger partial charge in [-0.1, -0.05) is 18.2 Å². The first-order valence-electron chi connectivity index (χ1n) is 5.59. The molecule has 0 spiro atoms. The topological polar surface area (TPSA) is 18.5 Å². The monoisotopic (exact) mass is 394 g/mol. The number of ether oxygens (including phenoxy) is 2. The van der Waals surface area contributed by atoms with Crippen molar-refractivity contribution in [2.45, 2.75) is 6.36 Å². The summed E-state index contributed by atoms with van der Waals surface area (Å²) >= 11 is 1.81. The lowest BCUT2D eigenvalue weighted by molar-refractivity contribution is -0.274. The molecule has 20 heavy (non-hydrogen) atoms.